The van der Waals surface area contributed by atoms with E-state index in [4.69, 9.17) is 21.8 Å². The molecule has 0 saturated carbocycles. The Bertz CT molecular complexity index is 1960. The number of furan rings is 1. The van der Waals surface area contributed by atoms with Gasteiger partial charge in [-0.3, -0.25) is 9.59 Å². The van der Waals surface area contributed by atoms with Gasteiger partial charge in [0, 0.05) is 42.3 Å². The second-order valence-electron chi connectivity index (χ2n) is 10.5. The number of hydrogen-bond acceptors (Lipinski definition) is 6. The number of aliphatic hydroxyl groups is 1. The molecule has 224 valence electrons. The first-order valence-electron chi connectivity index (χ1n) is 13.9. The number of benzene rings is 3. The van der Waals surface area contributed by atoms with Crippen LogP contribution in [-0.4, -0.2) is 27.5 Å². The van der Waals surface area contributed by atoms with Crippen LogP contribution in [0.1, 0.15) is 33.0 Å². The van der Waals surface area contributed by atoms with Crippen LogP contribution in [0.5, 0.6) is 0 Å². The molecule has 0 fully saturated rings. The normalized spacial score (nSPS) is 13.0. The molecule has 0 bridgehead atoms. The first-order valence-corrected chi connectivity index (χ1v) is 14.3. The number of carbonyl (C=O) groups excluding carboxylic acids is 1. The van der Waals surface area contributed by atoms with Gasteiger partial charge in [-0.2, -0.15) is 0 Å². The number of carbonyl (C=O) groups is 1. The van der Waals surface area contributed by atoms with Crippen molar-refractivity contribution in [2.45, 2.75) is 19.1 Å². The Balaban J connectivity index is 1.63. The number of fused-ring (bicyclic) bond motifs is 1. The van der Waals surface area contributed by atoms with E-state index in [-0.39, 0.29) is 18.0 Å². The predicted octanol–water partition coefficient (Wildman–Crippen LogP) is 5.80. The largest absolute Gasteiger partial charge is 0.465 e. The van der Waals surface area contributed by atoms with E-state index in [9.17, 15) is 14.7 Å². The SMILES string of the molecule is C=CN(C)/C(=C\N)C(O)(c1ccc(C(=O)NCc2ccc(C)o2)cc1)c1ccc2c(c1)c(-c1cccc(Cl)c1)cc(=O)n2C. The standard InChI is InChI=1S/C35H33ClN4O4/c1-5-39(3)32(20-37)35(43,25-12-10-23(11-13-25)34(42)38-21-28-15-9-22(2)44-28)26-14-16-31-30(18-26)29(19-33(41)40(31)4)24-7-6-8-27(36)17-24/h5-20,43H,1,21,37H2,2-4H3,(H,38,42)/b32-20-. The molecular formula is C35H33ClN4O4. The van der Waals surface area contributed by atoms with Gasteiger partial charge in [0.25, 0.3) is 11.5 Å². The highest BCUT2D eigenvalue weighted by atomic mass is 35.5. The maximum Gasteiger partial charge on any atom is 0.251 e. The summed E-state index contributed by atoms with van der Waals surface area (Å²) in [6.07, 6.45) is 2.88. The summed E-state index contributed by atoms with van der Waals surface area (Å²) in [5.74, 6) is 1.13. The Labute approximate surface area is 260 Å². The van der Waals surface area contributed by atoms with Gasteiger partial charge in [-0.15, -0.1) is 0 Å². The zero-order chi connectivity index (χ0) is 31.6. The number of aromatic nitrogens is 1. The monoisotopic (exact) mass is 608 g/mol. The Morgan fingerprint density at radius 2 is 1.82 bits per heavy atom. The molecule has 0 saturated heterocycles. The number of nitrogens with zero attached hydrogens (tertiary/aromatic N) is 2. The Morgan fingerprint density at radius 1 is 1.09 bits per heavy atom. The molecule has 1 atom stereocenters. The smallest absolute Gasteiger partial charge is 0.251 e. The third-order valence-corrected chi connectivity index (χ3v) is 8.00. The molecule has 0 aliphatic carbocycles. The number of likely N-dealkylation sites (N-methyl/N-ethyl adjacent to an activating group) is 1. The van der Waals surface area contributed by atoms with Gasteiger partial charge in [0.05, 0.1) is 17.8 Å². The number of halogens is 1. The Kier molecular flexibility index (Phi) is 8.49. The average Bonchev–Trinajstić information content (AvgIpc) is 3.46. The molecule has 0 aliphatic heterocycles. The summed E-state index contributed by atoms with van der Waals surface area (Å²) in [4.78, 5) is 27.4. The Hall–Kier alpha value is -5.05. The molecule has 9 heteroatoms. The fraction of sp³-hybridized carbons (Fsp3) is 0.143. The van der Waals surface area contributed by atoms with Crippen LogP contribution < -0.4 is 16.6 Å². The minimum Gasteiger partial charge on any atom is -0.465 e. The molecule has 5 rings (SSSR count). The molecule has 1 amide bonds. The van der Waals surface area contributed by atoms with Gasteiger partial charge in [0.2, 0.25) is 0 Å². The highest BCUT2D eigenvalue weighted by Crippen LogP contribution is 2.40. The highest BCUT2D eigenvalue weighted by Gasteiger charge is 2.38. The lowest BCUT2D eigenvalue weighted by Gasteiger charge is -2.36. The molecule has 2 aromatic heterocycles. The maximum atomic E-state index is 12.9. The van der Waals surface area contributed by atoms with Crippen molar-refractivity contribution in [3.63, 3.8) is 0 Å². The van der Waals surface area contributed by atoms with Gasteiger partial charge in [-0.05, 0) is 83.9 Å². The molecule has 8 nitrogen and oxygen atoms in total. The molecule has 4 N–H and O–H groups in total. The van der Waals surface area contributed by atoms with Crippen LogP contribution >= 0.6 is 11.6 Å². The zero-order valence-corrected chi connectivity index (χ0v) is 25.4. The van der Waals surface area contributed by atoms with E-state index < -0.39 is 5.60 Å². The van der Waals surface area contributed by atoms with Crippen LogP contribution in [0.25, 0.3) is 22.0 Å². The summed E-state index contributed by atoms with van der Waals surface area (Å²) in [7, 11) is 3.43. The van der Waals surface area contributed by atoms with Crippen molar-refractivity contribution in [3.05, 3.63) is 153 Å². The van der Waals surface area contributed by atoms with Crippen molar-refractivity contribution >= 4 is 28.4 Å². The number of rotatable bonds is 9. The average molecular weight is 609 g/mol. The van der Waals surface area contributed by atoms with E-state index in [1.807, 2.05) is 37.3 Å². The van der Waals surface area contributed by atoms with Gasteiger partial charge in [0.1, 0.15) is 11.5 Å². The topological polar surface area (TPSA) is 114 Å². The van der Waals surface area contributed by atoms with E-state index in [1.54, 1.807) is 84.4 Å². The third-order valence-electron chi connectivity index (χ3n) is 7.77. The maximum absolute atomic E-state index is 12.9. The van der Waals surface area contributed by atoms with Crippen LogP contribution in [0.4, 0.5) is 0 Å². The quantitative estimate of drug-likeness (QED) is 0.195. The fourth-order valence-electron chi connectivity index (χ4n) is 5.35. The van der Waals surface area contributed by atoms with Gasteiger partial charge in [-0.25, -0.2) is 0 Å². The summed E-state index contributed by atoms with van der Waals surface area (Å²) < 4.78 is 7.09. The van der Waals surface area contributed by atoms with E-state index >= 15 is 0 Å². The number of pyridine rings is 1. The summed E-state index contributed by atoms with van der Waals surface area (Å²) in [5.41, 5.74) is 7.99. The molecule has 5 aromatic rings. The molecule has 0 spiro atoms. The number of aryl methyl sites for hydroxylation is 2. The second-order valence-corrected chi connectivity index (χ2v) is 11.0. The third kappa shape index (κ3) is 5.65. The lowest BCUT2D eigenvalue weighted by Crippen LogP contribution is -2.37. The first kappa shape index (κ1) is 30.4. The van der Waals surface area contributed by atoms with Crippen molar-refractivity contribution in [3.8, 4) is 11.1 Å². The van der Waals surface area contributed by atoms with Gasteiger partial charge in [-0.1, -0.05) is 48.5 Å². The van der Waals surface area contributed by atoms with Crippen molar-refractivity contribution in [1.82, 2.24) is 14.8 Å². The molecule has 2 heterocycles. The lowest BCUT2D eigenvalue weighted by atomic mass is 9.81. The lowest BCUT2D eigenvalue weighted by molar-refractivity contribution is 0.0939. The number of hydrogen-bond donors (Lipinski definition) is 3. The van der Waals surface area contributed by atoms with Crippen molar-refractivity contribution in [2.24, 2.45) is 12.8 Å². The van der Waals surface area contributed by atoms with Crippen LogP contribution in [0, 0.1) is 6.92 Å². The highest BCUT2D eigenvalue weighted by molar-refractivity contribution is 6.30. The molecule has 3 aromatic carbocycles. The van der Waals surface area contributed by atoms with E-state index in [2.05, 4.69) is 11.9 Å². The van der Waals surface area contributed by atoms with E-state index in [1.165, 1.54) is 6.20 Å². The first-order chi connectivity index (χ1) is 21.1. The summed E-state index contributed by atoms with van der Waals surface area (Å²) >= 11 is 6.31. The minimum absolute atomic E-state index is 0.180. The summed E-state index contributed by atoms with van der Waals surface area (Å²) in [6.45, 7) is 5.94. The number of nitrogens with one attached hydrogen (secondary N) is 1. The van der Waals surface area contributed by atoms with Crippen LogP contribution in [-0.2, 0) is 19.2 Å². The van der Waals surface area contributed by atoms with Crippen molar-refractivity contribution in [1.29, 1.82) is 0 Å². The summed E-state index contributed by atoms with van der Waals surface area (Å²) in [5, 5.41) is 16.8. The van der Waals surface area contributed by atoms with Crippen LogP contribution in [0.2, 0.25) is 5.02 Å². The molecule has 44 heavy (non-hydrogen) atoms. The molecular weight excluding hydrogens is 576 g/mol. The fourth-order valence-corrected chi connectivity index (χ4v) is 5.54. The molecule has 0 radical (unpaired) electrons. The summed E-state index contributed by atoms with van der Waals surface area (Å²) in [6, 6.07) is 24.5. The zero-order valence-electron chi connectivity index (χ0n) is 24.7. The minimum atomic E-state index is -1.77. The van der Waals surface area contributed by atoms with E-state index in [0.717, 1.165) is 16.7 Å². The van der Waals surface area contributed by atoms with Gasteiger partial charge in [0.15, 0.2) is 5.60 Å². The number of nitrogens with two attached hydrogens (primary N) is 1. The predicted molar refractivity (Wildman–Crippen MR) is 174 cm³/mol. The number of amides is 1. The van der Waals surface area contributed by atoms with Crippen molar-refractivity contribution < 1.29 is 14.3 Å². The molecule has 1 unspecified atom stereocenters. The van der Waals surface area contributed by atoms with Crippen LogP contribution in [0.15, 0.2) is 119 Å². The van der Waals surface area contributed by atoms with Crippen molar-refractivity contribution in [2.75, 3.05) is 7.05 Å². The Morgan fingerprint density at radius 3 is 2.45 bits per heavy atom. The molecule has 0 aliphatic rings. The van der Waals surface area contributed by atoms with Crippen LogP contribution in [0.3, 0.4) is 0 Å². The van der Waals surface area contributed by atoms with E-state index in [0.29, 0.717) is 44.3 Å². The second kappa shape index (κ2) is 12.3. The van der Waals surface area contributed by atoms with Gasteiger partial charge >= 0.3 is 0 Å². The van der Waals surface area contributed by atoms with Gasteiger partial charge < -0.3 is 30.0 Å².